The van der Waals surface area contributed by atoms with E-state index < -0.39 is 24.3 Å². The van der Waals surface area contributed by atoms with E-state index in [2.05, 4.69) is 32.4 Å². The minimum atomic E-state index is -0.722. The van der Waals surface area contributed by atoms with Crippen molar-refractivity contribution in [1.82, 2.24) is 30.4 Å². The van der Waals surface area contributed by atoms with Crippen LogP contribution in [0.15, 0.2) is 65.9 Å². The molecule has 4 heterocycles. The zero-order chi connectivity index (χ0) is 40.6. The van der Waals surface area contributed by atoms with Crippen molar-refractivity contribution in [3.05, 3.63) is 83.4 Å². The number of carbonyl (C=O) groups is 4. The molecule has 57 heavy (non-hydrogen) atoms. The summed E-state index contributed by atoms with van der Waals surface area (Å²) in [5.74, 6) is 6.65. The van der Waals surface area contributed by atoms with Gasteiger partial charge in [0.2, 0.25) is 11.8 Å². The van der Waals surface area contributed by atoms with E-state index in [4.69, 9.17) is 19.2 Å². The van der Waals surface area contributed by atoms with Crippen LogP contribution in [0.3, 0.4) is 0 Å². The first kappa shape index (κ1) is 40.7. The predicted octanol–water partition coefficient (Wildman–Crippen LogP) is 5.31. The maximum Gasteiger partial charge on any atom is 0.407 e. The van der Waals surface area contributed by atoms with E-state index in [0.29, 0.717) is 38.5 Å². The second kappa shape index (κ2) is 18.3. The van der Waals surface area contributed by atoms with Gasteiger partial charge in [0.05, 0.1) is 51.4 Å². The molecule has 0 radical (unpaired) electrons. The summed E-state index contributed by atoms with van der Waals surface area (Å²) in [5, 5.41) is 5.37. The molecule has 14 nitrogen and oxygen atoms in total. The van der Waals surface area contributed by atoms with Gasteiger partial charge in [-0.15, -0.1) is 0 Å². The number of aromatic amines is 1. The first-order valence-corrected chi connectivity index (χ1v) is 19.4. The van der Waals surface area contributed by atoms with Crippen LogP contribution in [0.5, 0.6) is 0 Å². The van der Waals surface area contributed by atoms with Crippen LogP contribution in [0.4, 0.5) is 9.59 Å². The van der Waals surface area contributed by atoms with Gasteiger partial charge in [0.25, 0.3) is 0 Å². The average Bonchev–Trinajstić information content (AvgIpc) is 4.03. The van der Waals surface area contributed by atoms with Gasteiger partial charge in [-0.05, 0) is 65.6 Å². The highest BCUT2D eigenvalue weighted by molar-refractivity contribution is 6.03. The van der Waals surface area contributed by atoms with E-state index >= 15 is 0 Å². The number of imidazole rings is 1. The number of alkyl carbamates (subject to hydrolysis) is 2. The molecule has 1 aromatic heterocycles. The van der Waals surface area contributed by atoms with Gasteiger partial charge < -0.3 is 39.6 Å². The van der Waals surface area contributed by atoms with Crippen LogP contribution >= 0.6 is 0 Å². The fourth-order valence-electron chi connectivity index (χ4n) is 7.34. The highest BCUT2D eigenvalue weighted by atomic mass is 16.5. The molecular weight excluding hydrogens is 727 g/mol. The highest BCUT2D eigenvalue weighted by Crippen LogP contribution is 2.33. The summed E-state index contributed by atoms with van der Waals surface area (Å²) in [5.41, 5.74) is 6.42. The molecule has 0 spiro atoms. The molecule has 2 fully saturated rings. The molecule has 4 atom stereocenters. The van der Waals surface area contributed by atoms with Crippen molar-refractivity contribution in [2.24, 2.45) is 16.8 Å². The second-order valence-electron chi connectivity index (χ2n) is 15.1. The van der Waals surface area contributed by atoms with Crippen LogP contribution in [0.2, 0.25) is 0 Å². The Labute approximate surface area is 333 Å². The molecule has 300 valence electrons. The number of benzene rings is 2. The molecule has 6 rings (SSSR count). The number of H-pyrrole nitrogens is 1. The Hall–Kier alpha value is -5.94. The van der Waals surface area contributed by atoms with E-state index in [0.717, 1.165) is 52.1 Å². The third kappa shape index (κ3) is 9.55. The second-order valence-corrected chi connectivity index (χ2v) is 15.1. The Balaban J connectivity index is 1.05. The van der Waals surface area contributed by atoms with Crippen LogP contribution in [-0.2, 0) is 23.8 Å². The van der Waals surface area contributed by atoms with E-state index in [1.165, 1.54) is 14.2 Å². The highest BCUT2D eigenvalue weighted by Gasteiger charge is 2.39. The summed E-state index contributed by atoms with van der Waals surface area (Å²) < 4.78 is 15.3. The number of nitrogens with one attached hydrogen (secondary N) is 3. The number of allylic oxidation sites excluding steroid dienone is 1. The van der Waals surface area contributed by atoms with Gasteiger partial charge in [-0.25, -0.2) is 14.6 Å². The number of hydrogen-bond donors (Lipinski definition) is 3. The SMILES string of the molecule is COC(=O)N[C@H](C(=O)N1CCOC[C@H]1C1=NC=C(c2ccc(C#Cc3ccc(-c4cnc([C@@H]5CCCN5C(=O)[C@@H](NC(=O)OC)C(C)C)[nH]4)cc3)cc2)C1)C(C)C. The largest absolute Gasteiger partial charge is 0.453 e. The zero-order valence-corrected chi connectivity index (χ0v) is 33.3. The first-order chi connectivity index (χ1) is 27.5. The summed E-state index contributed by atoms with van der Waals surface area (Å²) in [6.07, 6.45) is 4.56. The number of nitrogens with zero attached hydrogens (tertiary/aromatic N) is 4. The van der Waals surface area contributed by atoms with Crippen LogP contribution in [0, 0.1) is 23.7 Å². The van der Waals surface area contributed by atoms with Crippen molar-refractivity contribution in [3.8, 4) is 23.1 Å². The molecule has 14 heteroatoms. The normalized spacial score (nSPS) is 18.9. The van der Waals surface area contributed by atoms with Crippen molar-refractivity contribution in [1.29, 1.82) is 0 Å². The van der Waals surface area contributed by atoms with E-state index in [1.807, 2.05) is 82.4 Å². The number of morpholine rings is 1. The zero-order valence-electron chi connectivity index (χ0n) is 33.3. The lowest BCUT2D eigenvalue weighted by Gasteiger charge is -2.38. The van der Waals surface area contributed by atoms with Gasteiger partial charge in [-0.3, -0.25) is 14.6 Å². The van der Waals surface area contributed by atoms with Gasteiger partial charge in [0.1, 0.15) is 17.9 Å². The van der Waals surface area contributed by atoms with Crippen molar-refractivity contribution >= 4 is 35.3 Å². The van der Waals surface area contributed by atoms with E-state index in [-0.39, 0.29) is 35.7 Å². The number of methoxy groups -OCH3 is 2. The van der Waals surface area contributed by atoms with Crippen molar-refractivity contribution < 1.29 is 33.4 Å². The lowest BCUT2D eigenvalue weighted by atomic mass is 9.96. The van der Waals surface area contributed by atoms with Crippen LogP contribution in [0.25, 0.3) is 16.8 Å². The average molecular weight is 778 g/mol. The number of likely N-dealkylation sites (tertiary alicyclic amines) is 1. The molecule has 4 amide bonds. The first-order valence-electron chi connectivity index (χ1n) is 19.4. The molecule has 3 aliphatic heterocycles. The van der Waals surface area contributed by atoms with Crippen LogP contribution in [-0.4, -0.2) is 108 Å². The number of amides is 4. The molecule has 0 saturated carbocycles. The Morgan fingerprint density at radius 2 is 1.37 bits per heavy atom. The Kier molecular flexibility index (Phi) is 13.1. The number of hydrogen-bond acceptors (Lipinski definition) is 9. The quantitative estimate of drug-likeness (QED) is 0.233. The van der Waals surface area contributed by atoms with Gasteiger partial charge in [-0.1, -0.05) is 63.8 Å². The number of carbonyl (C=O) groups excluding carboxylic acids is 4. The number of aliphatic imine (C=N–C) groups is 1. The fourth-order valence-corrected chi connectivity index (χ4v) is 7.34. The topological polar surface area (TPSA) is 168 Å². The van der Waals surface area contributed by atoms with Gasteiger partial charge >= 0.3 is 12.2 Å². The van der Waals surface area contributed by atoms with Crippen molar-refractivity contribution in [3.63, 3.8) is 0 Å². The number of rotatable bonds is 10. The molecule has 0 bridgehead atoms. The number of ether oxygens (including phenoxy) is 3. The maximum atomic E-state index is 13.6. The molecule has 3 aliphatic rings. The molecular formula is C43H51N7O7. The van der Waals surface area contributed by atoms with Gasteiger partial charge in [0, 0.05) is 42.5 Å². The molecule has 0 aliphatic carbocycles. The lowest BCUT2D eigenvalue weighted by Crippen LogP contribution is -2.59. The smallest absolute Gasteiger partial charge is 0.407 e. The number of aromatic nitrogens is 2. The Bertz CT molecular complexity index is 2060. The molecule has 3 aromatic rings. The Morgan fingerprint density at radius 3 is 1.93 bits per heavy atom. The summed E-state index contributed by atoms with van der Waals surface area (Å²) in [6, 6.07) is 14.0. The summed E-state index contributed by atoms with van der Waals surface area (Å²) >= 11 is 0. The minimum absolute atomic E-state index is 0.108. The summed E-state index contributed by atoms with van der Waals surface area (Å²) in [4.78, 5) is 67.4. The van der Waals surface area contributed by atoms with Crippen LogP contribution < -0.4 is 10.6 Å². The summed E-state index contributed by atoms with van der Waals surface area (Å²) in [6.45, 7) is 9.32. The van der Waals surface area contributed by atoms with Crippen LogP contribution in [0.1, 0.15) is 75.5 Å². The van der Waals surface area contributed by atoms with Gasteiger partial charge in [-0.2, -0.15) is 0 Å². The fraction of sp³-hybridized carbons (Fsp3) is 0.442. The molecule has 3 N–H and O–H groups in total. The van der Waals surface area contributed by atoms with E-state index in [9.17, 15) is 19.2 Å². The predicted molar refractivity (Wildman–Crippen MR) is 215 cm³/mol. The Morgan fingerprint density at radius 1 is 0.807 bits per heavy atom. The standard InChI is InChI=1S/C43H51N7O7/c1-26(2)37(47-42(53)55-5)40(51)49-19-7-8-35(49)39-45-24-34(46-39)31-17-13-29(14-18-31)10-9-28-11-15-30(16-12-28)32-22-33(44-23-32)36-25-57-21-20-50(36)41(52)38(27(3)4)48-43(54)56-6/h11-18,23-24,26-27,35-38H,7-8,19-22,25H2,1-6H3,(H,45,46)(H,47,53)(H,48,54)/t35-,36-,37-,38-/m0/s1. The molecule has 2 aromatic carbocycles. The minimum Gasteiger partial charge on any atom is -0.453 e. The molecule has 2 saturated heterocycles. The maximum absolute atomic E-state index is 13.6. The van der Waals surface area contributed by atoms with E-state index in [1.54, 1.807) is 16.0 Å². The monoisotopic (exact) mass is 777 g/mol. The third-order valence-electron chi connectivity index (χ3n) is 10.6. The van der Waals surface area contributed by atoms with Gasteiger partial charge in [0.15, 0.2) is 0 Å². The van der Waals surface area contributed by atoms with Crippen molar-refractivity contribution in [2.45, 2.75) is 71.1 Å². The van der Waals surface area contributed by atoms with Crippen molar-refractivity contribution in [2.75, 3.05) is 40.5 Å². The molecule has 0 unspecified atom stereocenters. The third-order valence-corrected chi connectivity index (χ3v) is 10.6. The lowest BCUT2D eigenvalue weighted by molar-refractivity contribution is -0.140. The summed E-state index contributed by atoms with van der Waals surface area (Å²) in [7, 11) is 2.57.